The fourth-order valence-electron chi connectivity index (χ4n) is 1.65. The van der Waals surface area contributed by atoms with Crippen LogP contribution in [0, 0.1) is 0 Å². The van der Waals surface area contributed by atoms with E-state index in [9.17, 15) is 0 Å². The summed E-state index contributed by atoms with van der Waals surface area (Å²) in [5.74, 6) is 0. The maximum absolute atomic E-state index is 6.00. The number of hydrogen-bond donors (Lipinski definition) is 0. The molecular weight excluding hydrogens is 216 g/mol. The van der Waals surface area contributed by atoms with Gasteiger partial charge in [0.25, 0.3) is 0 Å². The molecule has 0 aromatic carbocycles. The van der Waals surface area contributed by atoms with Crippen molar-refractivity contribution in [3.05, 3.63) is 35.1 Å². The van der Waals surface area contributed by atoms with Crippen LogP contribution in [0.15, 0.2) is 24.3 Å². The minimum absolute atomic E-state index is 0.346. The van der Waals surface area contributed by atoms with Crippen LogP contribution in [0.1, 0.15) is 12.0 Å². The van der Waals surface area contributed by atoms with Crippen molar-refractivity contribution in [2.75, 3.05) is 13.2 Å². The molecule has 3 heterocycles. The Morgan fingerprint density at radius 1 is 1.33 bits per heavy atom. The van der Waals surface area contributed by atoms with E-state index in [4.69, 9.17) is 21.1 Å². The number of ether oxygens (including phenoxy) is 2. The van der Waals surface area contributed by atoms with Crippen molar-refractivity contribution < 1.29 is 9.47 Å². The van der Waals surface area contributed by atoms with Gasteiger partial charge in [0.2, 0.25) is 6.29 Å². The Bertz CT molecular complexity index is 491. The predicted octanol–water partition coefficient (Wildman–Crippen LogP) is 2.03. The normalized spacial score (nSPS) is 17.7. The third-order valence-electron chi connectivity index (χ3n) is 2.32. The molecule has 0 saturated carbocycles. The Balaban J connectivity index is 2.09. The van der Waals surface area contributed by atoms with Crippen molar-refractivity contribution in [2.24, 2.45) is 0 Å². The van der Waals surface area contributed by atoms with Crippen LogP contribution in [-0.2, 0) is 9.47 Å². The van der Waals surface area contributed by atoms with Gasteiger partial charge in [0.15, 0.2) is 0 Å². The number of fused-ring (bicyclic) bond motifs is 1. The van der Waals surface area contributed by atoms with Gasteiger partial charge in [-0.25, -0.2) is 4.52 Å². The fourth-order valence-corrected chi connectivity index (χ4v) is 1.85. The minimum atomic E-state index is -0.346. The molecule has 1 aliphatic heterocycles. The highest BCUT2D eigenvalue weighted by Crippen LogP contribution is 2.24. The summed E-state index contributed by atoms with van der Waals surface area (Å²) in [4.78, 5) is 0. The van der Waals surface area contributed by atoms with E-state index in [1.54, 1.807) is 10.6 Å². The molecule has 2 aromatic heterocycles. The first-order valence-electron chi connectivity index (χ1n) is 4.72. The Kier molecular flexibility index (Phi) is 2.12. The largest absolute Gasteiger partial charge is 0.345 e. The van der Waals surface area contributed by atoms with Crippen LogP contribution >= 0.6 is 11.6 Å². The van der Waals surface area contributed by atoms with Crippen molar-refractivity contribution in [2.45, 2.75) is 6.29 Å². The first kappa shape index (κ1) is 9.15. The second-order valence-electron chi connectivity index (χ2n) is 3.33. The van der Waals surface area contributed by atoms with Crippen LogP contribution in [0.4, 0.5) is 0 Å². The topological polar surface area (TPSA) is 35.8 Å². The van der Waals surface area contributed by atoms with Gasteiger partial charge in [-0.15, -0.1) is 0 Å². The second kappa shape index (κ2) is 3.48. The Morgan fingerprint density at radius 2 is 2.13 bits per heavy atom. The number of pyridine rings is 1. The molecule has 0 bridgehead atoms. The van der Waals surface area contributed by atoms with Crippen LogP contribution in [0.5, 0.6) is 0 Å². The molecule has 0 amide bonds. The van der Waals surface area contributed by atoms with E-state index in [2.05, 4.69) is 5.10 Å². The standard InChI is InChI=1S/C10H9ClN2O2/c11-9-3-1-2-7-6-8(12-13(7)9)10-14-4-5-15-10/h1-3,6,10H,4-5H2. The molecule has 3 rings (SSSR count). The molecule has 0 N–H and O–H groups in total. The average molecular weight is 225 g/mol. The molecule has 78 valence electrons. The van der Waals surface area contributed by atoms with Crippen LogP contribution in [0.2, 0.25) is 5.15 Å². The minimum Gasteiger partial charge on any atom is -0.345 e. The Hall–Kier alpha value is -1.10. The van der Waals surface area contributed by atoms with Crippen molar-refractivity contribution >= 4 is 17.1 Å². The van der Waals surface area contributed by atoms with E-state index in [0.29, 0.717) is 18.4 Å². The zero-order valence-corrected chi connectivity index (χ0v) is 8.65. The zero-order chi connectivity index (χ0) is 10.3. The van der Waals surface area contributed by atoms with Crippen LogP contribution < -0.4 is 0 Å². The maximum Gasteiger partial charge on any atom is 0.203 e. The van der Waals surface area contributed by atoms with Gasteiger partial charge in [0, 0.05) is 0 Å². The van der Waals surface area contributed by atoms with Gasteiger partial charge in [0.05, 0.1) is 18.7 Å². The van der Waals surface area contributed by atoms with Crippen LogP contribution in [0.25, 0.3) is 5.52 Å². The maximum atomic E-state index is 6.00. The molecule has 4 nitrogen and oxygen atoms in total. The molecule has 0 atom stereocenters. The van der Waals surface area contributed by atoms with Crippen LogP contribution in [0.3, 0.4) is 0 Å². The highest BCUT2D eigenvalue weighted by atomic mass is 35.5. The van der Waals surface area contributed by atoms with Gasteiger partial charge >= 0.3 is 0 Å². The lowest BCUT2D eigenvalue weighted by molar-refractivity contribution is -0.0474. The molecule has 0 radical (unpaired) electrons. The third-order valence-corrected chi connectivity index (χ3v) is 2.61. The number of rotatable bonds is 1. The molecule has 5 heteroatoms. The third kappa shape index (κ3) is 1.51. The summed E-state index contributed by atoms with van der Waals surface area (Å²) >= 11 is 6.00. The molecule has 1 fully saturated rings. The predicted molar refractivity (Wildman–Crippen MR) is 54.8 cm³/mol. The summed E-state index contributed by atoms with van der Waals surface area (Å²) in [6.07, 6.45) is -0.346. The Morgan fingerprint density at radius 3 is 2.87 bits per heavy atom. The first-order chi connectivity index (χ1) is 7.34. The molecule has 0 unspecified atom stereocenters. The van der Waals surface area contributed by atoms with E-state index in [1.165, 1.54) is 0 Å². The summed E-state index contributed by atoms with van der Waals surface area (Å²) in [5, 5.41) is 4.91. The van der Waals surface area contributed by atoms with Gasteiger partial charge < -0.3 is 9.47 Å². The number of aromatic nitrogens is 2. The molecule has 0 aliphatic carbocycles. The van der Waals surface area contributed by atoms with Gasteiger partial charge in [-0.1, -0.05) is 17.7 Å². The first-order valence-corrected chi connectivity index (χ1v) is 5.10. The number of nitrogens with zero attached hydrogens (tertiary/aromatic N) is 2. The van der Waals surface area contributed by atoms with E-state index in [1.807, 2.05) is 18.2 Å². The van der Waals surface area contributed by atoms with Gasteiger partial charge in [-0.3, -0.25) is 0 Å². The quantitative estimate of drug-likeness (QED) is 0.696. The van der Waals surface area contributed by atoms with Crippen molar-refractivity contribution in [3.8, 4) is 0 Å². The van der Waals surface area contributed by atoms with Crippen molar-refractivity contribution in [1.29, 1.82) is 0 Å². The van der Waals surface area contributed by atoms with E-state index in [0.717, 1.165) is 11.2 Å². The summed E-state index contributed by atoms with van der Waals surface area (Å²) in [5.41, 5.74) is 1.71. The summed E-state index contributed by atoms with van der Waals surface area (Å²) in [6.45, 7) is 1.23. The molecule has 2 aromatic rings. The summed E-state index contributed by atoms with van der Waals surface area (Å²) in [6, 6.07) is 7.54. The molecular formula is C10H9ClN2O2. The highest BCUT2D eigenvalue weighted by molar-refractivity contribution is 6.29. The van der Waals surface area contributed by atoms with Crippen molar-refractivity contribution in [3.63, 3.8) is 0 Å². The van der Waals surface area contributed by atoms with Gasteiger partial charge in [0.1, 0.15) is 10.8 Å². The fraction of sp³-hybridized carbons (Fsp3) is 0.300. The summed E-state index contributed by atoms with van der Waals surface area (Å²) in [7, 11) is 0. The molecule has 15 heavy (non-hydrogen) atoms. The number of hydrogen-bond acceptors (Lipinski definition) is 3. The lowest BCUT2D eigenvalue weighted by Crippen LogP contribution is -1.99. The van der Waals surface area contributed by atoms with Crippen LogP contribution in [-0.4, -0.2) is 22.8 Å². The Labute approximate surface area is 91.4 Å². The van der Waals surface area contributed by atoms with Crippen molar-refractivity contribution in [1.82, 2.24) is 9.61 Å². The smallest absolute Gasteiger partial charge is 0.203 e. The lowest BCUT2D eigenvalue weighted by atomic mass is 10.3. The molecule has 1 saturated heterocycles. The van der Waals surface area contributed by atoms with E-state index >= 15 is 0 Å². The summed E-state index contributed by atoms with van der Waals surface area (Å²) < 4.78 is 12.4. The van der Waals surface area contributed by atoms with Gasteiger partial charge in [-0.2, -0.15) is 5.10 Å². The SMILES string of the molecule is Clc1cccc2cc(C3OCCO3)nn12. The van der Waals surface area contributed by atoms with Gasteiger partial charge in [-0.05, 0) is 18.2 Å². The molecule has 1 aliphatic rings. The average Bonchev–Trinajstić information content (AvgIpc) is 2.86. The lowest BCUT2D eigenvalue weighted by Gasteiger charge is -2.03. The zero-order valence-electron chi connectivity index (χ0n) is 7.89. The van der Waals surface area contributed by atoms with E-state index < -0.39 is 0 Å². The monoisotopic (exact) mass is 224 g/mol. The highest BCUT2D eigenvalue weighted by Gasteiger charge is 2.21. The molecule has 0 spiro atoms. The number of halogens is 1. The van der Waals surface area contributed by atoms with E-state index in [-0.39, 0.29) is 6.29 Å². The second-order valence-corrected chi connectivity index (χ2v) is 3.72.